The van der Waals surface area contributed by atoms with Gasteiger partial charge in [-0.25, -0.2) is 0 Å². The zero-order valence-corrected chi connectivity index (χ0v) is 7.47. The second kappa shape index (κ2) is 4.40. The fraction of sp³-hybridized carbons (Fsp3) is 0. The summed E-state index contributed by atoms with van der Waals surface area (Å²) in [6, 6.07) is 9.91. The third-order valence-electron chi connectivity index (χ3n) is 1.50. The molecule has 1 aromatic carbocycles. The molecule has 0 bridgehead atoms. The molecule has 13 heavy (non-hydrogen) atoms. The minimum absolute atomic E-state index is 0.696. The van der Waals surface area contributed by atoms with E-state index in [1.54, 1.807) is 0 Å². The zero-order valence-electron chi connectivity index (χ0n) is 6.71. The fourth-order valence-electron chi connectivity index (χ4n) is 1.04. The first-order chi connectivity index (χ1) is 6.27. The Morgan fingerprint density at radius 1 is 1.23 bits per heavy atom. The van der Waals surface area contributed by atoms with Gasteiger partial charge in [0.1, 0.15) is 16.2 Å². The number of nitrogens with one attached hydrogen (secondary N) is 3. The second-order valence-electron chi connectivity index (χ2n) is 2.32. The van der Waals surface area contributed by atoms with E-state index in [2.05, 4.69) is 4.98 Å². The first-order valence-electron chi connectivity index (χ1n) is 3.54. The maximum Gasteiger partial charge on any atom is 0.211 e. The molecule has 0 aliphatic heterocycles. The predicted molar refractivity (Wildman–Crippen MR) is 50.9 cm³/mol. The minimum Gasteiger partial charge on any atom is -0.346 e. The Balaban J connectivity index is 0.000000251. The maximum atomic E-state index is 5.73. The van der Waals surface area contributed by atoms with Gasteiger partial charge in [0.05, 0.1) is 0 Å². The van der Waals surface area contributed by atoms with Crippen molar-refractivity contribution in [3.05, 3.63) is 35.5 Å². The molecular weight excluding hydrogens is 188 g/mol. The van der Waals surface area contributed by atoms with Crippen LogP contribution in [-0.2, 0) is 0 Å². The van der Waals surface area contributed by atoms with Crippen LogP contribution in [0, 0.1) is 11.1 Å². The van der Waals surface area contributed by atoms with E-state index in [1.165, 1.54) is 0 Å². The molecule has 0 radical (unpaired) electrons. The SMILES string of the molecule is Clc1cc2ccccc2[nH]1.N=[N+]=N. The highest BCUT2D eigenvalue weighted by Crippen LogP contribution is 2.17. The summed E-state index contributed by atoms with van der Waals surface area (Å²) in [6.07, 6.45) is 0. The molecule has 2 aromatic rings. The van der Waals surface area contributed by atoms with E-state index in [0.717, 1.165) is 10.9 Å². The number of halogens is 1. The molecule has 66 valence electrons. The Morgan fingerprint density at radius 2 is 1.85 bits per heavy atom. The maximum absolute atomic E-state index is 5.73. The monoisotopic (exact) mass is 195 g/mol. The average Bonchev–Trinajstić information content (AvgIpc) is 2.45. The van der Waals surface area contributed by atoms with Gasteiger partial charge in [-0.15, -0.1) is 0 Å². The van der Waals surface area contributed by atoms with E-state index < -0.39 is 0 Å². The molecule has 2 rings (SSSR count). The van der Waals surface area contributed by atoms with Crippen molar-refractivity contribution in [2.45, 2.75) is 0 Å². The number of nitrogens with zero attached hydrogens (tertiary/aromatic N) is 1. The van der Waals surface area contributed by atoms with Crippen LogP contribution in [0.3, 0.4) is 0 Å². The molecule has 0 unspecified atom stereocenters. The molecule has 0 saturated heterocycles. The Bertz CT molecular complexity index is 395. The van der Waals surface area contributed by atoms with Crippen molar-refractivity contribution in [1.29, 1.82) is 11.1 Å². The number of hydrogen-bond acceptors (Lipinski definition) is 2. The number of benzene rings is 1. The Hall–Kier alpha value is -1.64. The van der Waals surface area contributed by atoms with Gasteiger partial charge in [-0.2, -0.15) is 0 Å². The van der Waals surface area contributed by atoms with E-state index in [9.17, 15) is 0 Å². The summed E-state index contributed by atoms with van der Waals surface area (Å²) in [6.45, 7) is 0. The van der Waals surface area contributed by atoms with Crippen LogP contribution < -0.4 is 4.91 Å². The van der Waals surface area contributed by atoms with Crippen molar-refractivity contribution in [2.24, 2.45) is 0 Å². The van der Waals surface area contributed by atoms with Crippen molar-refractivity contribution in [3.63, 3.8) is 0 Å². The zero-order chi connectivity index (χ0) is 9.68. The average molecular weight is 196 g/mol. The topological polar surface area (TPSA) is 77.6 Å². The van der Waals surface area contributed by atoms with Gasteiger partial charge < -0.3 is 4.98 Å². The van der Waals surface area contributed by atoms with E-state index in [1.807, 2.05) is 35.2 Å². The lowest BCUT2D eigenvalue weighted by atomic mass is 10.3. The molecule has 0 amide bonds. The first kappa shape index (κ1) is 9.45. The van der Waals surface area contributed by atoms with Crippen molar-refractivity contribution < 1.29 is 0 Å². The van der Waals surface area contributed by atoms with E-state index >= 15 is 0 Å². The molecule has 5 heteroatoms. The molecule has 0 aliphatic carbocycles. The van der Waals surface area contributed by atoms with E-state index in [0.29, 0.717) is 5.15 Å². The van der Waals surface area contributed by atoms with Gasteiger partial charge in [0.25, 0.3) is 0 Å². The molecule has 3 N–H and O–H groups in total. The van der Waals surface area contributed by atoms with E-state index in [-0.39, 0.29) is 0 Å². The number of H-pyrrole nitrogens is 1. The summed E-state index contributed by atoms with van der Waals surface area (Å²) in [7, 11) is 0. The van der Waals surface area contributed by atoms with Gasteiger partial charge in [-0.3, -0.25) is 0 Å². The predicted octanol–water partition coefficient (Wildman–Crippen LogP) is 2.94. The molecule has 0 atom stereocenters. The van der Waals surface area contributed by atoms with Crippen LogP contribution >= 0.6 is 11.6 Å². The minimum atomic E-state index is 0.696. The lowest BCUT2D eigenvalue weighted by molar-refractivity contribution is 0.928. The number of fused-ring (bicyclic) bond motifs is 1. The number of rotatable bonds is 0. The Labute approximate surface area is 79.6 Å². The number of hydrogen-bond donors (Lipinski definition) is 3. The number of aromatic nitrogens is 1. The number of aromatic amines is 1. The molecular formula is C8H8ClN4+. The Kier molecular flexibility index (Phi) is 3.20. The number of para-hydroxylation sites is 1. The standard InChI is InChI=1S/C8H6ClN.H2N3/c9-8-5-6-3-1-2-4-7(6)10-8;1-3-2/h1-5,10H;1-2H/q;+1. The van der Waals surface area contributed by atoms with Gasteiger partial charge in [0, 0.05) is 10.9 Å². The third-order valence-corrected chi connectivity index (χ3v) is 1.70. The molecule has 0 spiro atoms. The molecule has 0 aliphatic rings. The highest BCUT2D eigenvalue weighted by molar-refractivity contribution is 6.30. The van der Waals surface area contributed by atoms with Crippen molar-refractivity contribution in [3.8, 4) is 0 Å². The Morgan fingerprint density at radius 3 is 2.46 bits per heavy atom. The van der Waals surface area contributed by atoms with Crippen LogP contribution in [0.1, 0.15) is 0 Å². The molecule has 4 nitrogen and oxygen atoms in total. The summed E-state index contributed by atoms with van der Waals surface area (Å²) in [5.74, 6) is 0. The van der Waals surface area contributed by atoms with Crippen LogP contribution in [0.25, 0.3) is 10.9 Å². The lowest BCUT2D eigenvalue weighted by Gasteiger charge is -1.83. The van der Waals surface area contributed by atoms with Gasteiger partial charge in [0.15, 0.2) is 0 Å². The third kappa shape index (κ3) is 2.40. The summed E-state index contributed by atoms with van der Waals surface area (Å²) in [4.78, 5) is 5.02. The largest absolute Gasteiger partial charge is 0.346 e. The summed E-state index contributed by atoms with van der Waals surface area (Å²) < 4.78 is 0. The molecule has 1 aromatic heterocycles. The fourth-order valence-corrected chi connectivity index (χ4v) is 1.26. The van der Waals surface area contributed by atoms with Gasteiger partial charge in [-0.1, -0.05) is 29.8 Å². The lowest BCUT2D eigenvalue weighted by Crippen LogP contribution is -1.62. The normalized spacial score (nSPS) is 8.69. The molecule has 0 fully saturated rings. The van der Waals surface area contributed by atoms with Crippen molar-refractivity contribution >= 4 is 22.5 Å². The van der Waals surface area contributed by atoms with Crippen LogP contribution in [0.5, 0.6) is 0 Å². The van der Waals surface area contributed by atoms with Crippen molar-refractivity contribution in [2.75, 3.05) is 0 Å². The molecule has 0 saturated carbocycles. The summed E-state index contributed by atoms with van der Waals surface area (Å²) in [5, 5.41) is 1.86. The van der Waals surface area contributed by atoms with Crippen LogP contribution in [-0.4, -0.2) is 4.98 Å². The highest BCUT2D eigenvalue weighted by Gasteiger charge is 1.93. The van der Waals surface area contributed by atoms with Gasteiger partial charge >= 0.3 is 0 Å². The van der Waals surface area contributed by atoms with Crippen LogP contribution in [0.2, 0.25) is 5.15 Å². The summed E-state index contributed by atoms with van der Waals surface area (Å²) >= 11 is 5.73. The van der Waals surface area contributed by atoms with Crippen LogP contribution in [0.4, 0.5) is 0 Å². The quantitative estimate of drug-likeness (QED) is 0.427. The van der Waals surface area contributed by atoms with E-state index in [4.69, 9.17) is 22.7 Å². The van der Waals surface area contributed by atoms with Gasteiger partial charge in [-0.05, 0) is 12.1 Å². The van der Waals surface area contributed by atoms with Crippen molar-refractivity contribution in [1.82, 2.24) is 9.90 Å². The van der Waals surface area contributed by atoms with Gasteiger partial charge in [0.2, 0.25) is 4.91 Å². The second-order valence-corrected chi connectivity index (χ2v) is 2.72. The summed E-state index contributed by atoms with van der Waals surface area (Å²) in [5.41, 5.74) is 12.1. The highest BCUT2D eigenvalue weighted by atomic mass is 35.5. The smallest absolute Gasteiger partial charge is 0.211 e. The molecule has 1 heterocycles. The first-order valence-corrected chi connectivity index (χ1v) is 3.92. The van der Waals surface area contributed by atoms with Crippen LogP contribution in [0.15, 0.2) is 30.3 Å².